The van der Waals surface area contributed by atoms with Crippen LogP contribution in [0.5, 0.6) is 23.0 Å². The van der Waals surface area contributed by atoms with E-state index in [0.29, 0.717) is 11.8 Å². The van der Waals surface area contributed by atoms with Crippen LogP contribution in [0, 0.1) is 0 Å². The number of carbonyl (C=O) groups is 2. The van der Waals surface area contributed by atoms with Crippen molar-refractivity contribution in [2.75, 3.05) is 28.4 Å². The van der Waals surface area contributed by atoms with Crippen molar-refractivity contribution in [3.05, 3.63) is 47.5 Å². The highest BCUT2D eigenvalue weighted by molar-refractivity contribution is 7.89. The van der Waals surface area contributed by atoms with Crippen LogP contribution < -0.4 is 33.9 Å². The first-order valence-corrected chi connectivity index (χ1v) is 11.1. The second kappa shape index (κ2) is 11.4. The number of sulfonamides is 1. The van der Waals surface area contributed by atoms with E-state index in [0.717, 1.165) is 12.1 Å². The van der Waals surface area contributed by atoms with Crippen LogP contribution in [0.3, 0.4) is 0 Å². The molecular formula is C22H23NO10S-2. The summed E-state index contributed by atoms with van der Waals surface area (Å²) in [5.41, 5.74) is 0.425. The maximum absolute atomic E-state index is 13.3. The van der Waals surface area contributed by atoms with Crippen LogP contribution in [-0.4, -0.2) is 48.8 Å². The fraction of sp³-hybridized carbons (Fsp3) is 0.273. The Hall–Kier alpha value is -3.77. The van der Waals surface area contributed by atoms with Crippen molar-refractivity contribution in [3.63, 3.8) is 0 Å². The Morgan fingerprint density at radius 1 is 0.941 bits per heavy atom. The number of ether oxygens (including phenoxy) is 4. The van der Waals surface area contributed by atoms with Gasteiger partial charge in [0.05, 0.1) is 40.5 Å². The minimum Gasteiger partial charge on any atom is -0.550 e. The molecule has 0 fully saturated rings. The molecule has 2 aromatic rings. The second-order valence-electron chi connectivity index (χ2n) is 6.77. The van der Waals surface area contributed by atoms with Crippen LogP contribution in [-0.2, 0) is 19.6 Å². The van der Waals surface area contributed by atoms with Gasteiger partial charge in [-0.15, -0.1) is 0 Å². The number of aliphatic carboxylic acids is 2. The lowest BCUT2D eigenvalue weighted by atomic mass is 10.0. The Labute approximate surface area is 196 Å². The quantitative estimate of drug-likeness (QED) is 0.386. The third-order valence-corrected chi connectivity index (χ3v) is 6.12. The molecule has 0 saturated carbocycles. The molecule has 0 radical (unpaired) electrons. The molecule has 0 aliphatic rings. The van der Waals surface area contributed by atoms with Crippen molar-refractivity contribution in [1.82, 2.24) is 4.72 Å². The highest BCUT2D eigenvalue weighted by atomic mass is 32.2. The highest BCUT2D eigenvalue weighted by Gasteiger charge is 2.28. The monoisotopic (exact) mass is 493 g/mol. The van der Waals surface area contributed by atoms with Crippen LogP contribution in [0.15, 0.2) is 41.3 Å². The molecule has 11 nitrogen and oxygen atoms in total. The van der Waals surface area contributed by atoms with Gasteiger partial charge in [-0.1, -0.05) is 12.1 Å². The minimum atomic E-state index is -4.44. The lowest BCUT2D eigenvalue weighted by Gasteiger charge is -2.22. The van der Waals surface area contributed by atoms with Gasteiger partial charge in [-0.05, 0) is 41.5 Å². The summed E-state index contributed by atoms with van der Waals surface area (Å²) in [4.78, 5) is 21.8. The van der Waals surface area contributed by atoms with Gasteiger partial charge in [-0.3, -0.25) is 0 Å². The van der Waals surface area contributed by atoms with Crippen molar-refractivity contribution in [1.29, 1.82) is 0 Å². The van der Waals surface area contributed by atoms with Crippen LogP contribution in [0.4, 0.5) is 0 Å². The van der Waals surface area contributed by atoms with Crippen LogP contribution >= 0.6 is 0 Å². The van der Waals surface area contributed by atoms with E-state index in [2.05, 4.69) is 4.72 Å². The smallest absolute Gasteiger partial charge is 0.244 e. The number of rotatable bonds is 12. The molecule has 0 unspecified atom stereocenters. The number of hydrogen-bond donors (Lipinski definition) is 1. The van der Waals surface area contributed by atoms with E-state index in [1.165, 1.54) is 52.7 Å². The fourth-order valence-corrected chi connectivity index (χ4v) is 4.56. The molecule has 1 N–H and O–H groups in total. The number of hydrogen-bond acceptors (Lipinski definition) is 10. The summed E-state index contributed by atoms with van der Waals surface area (Å²) >= 11 is 0. The lowest BCUT2D eigenvalue weighted by Crippen LogP contribution is -2.34. The third kappa shape index (κ3) is 6.39. The number of methoxy groups -OCH3 is 4. The van der Waals surface area contributed by atoms with E-state index < -0.39 is 39.3 Å². The number of carboxylic acid groups (broad SMARTS) is 2. The average molecular weight is 493 g/mol. The molecule has 184 valence electrons. The van der Waals surface area contributed by atoms with Crippen molar-refractivity contribution < 1.29 is 47.2 Å². The summed E-state index contributed by atoms with van der Waals surface area (Å²) in [7, 11) is 0.851. The number of benzene rings is 2. The van der Waals surface area contributed by atoms with Gasteiger partial charge in [0.15, 0.2) is 23.0 Å². The molecule has 0 saturated heterocycles. The van der Waals surface area contributed by atoms with Crippen LogP contribution in [0.25, 0.3) is 6.08 Å². The van der Waals surface area contributed by atoms with Crippen molar-refractivity contribution in [3.8, 4) is 23.0 Å². The zero-order valence-electron chi connectivity index (χ0n) is 18.8. The summed E-state index contributed by atoms with van der Waals surface area (Å²) in [6.07, 6.45) is 1.13. The zero-order chi connectivity index (χ0) is 25.5. The van der Waals surface area contributed by atoms with E-state index >= 15 is 0 Å². The molecule has 0 aliphatic carbocycles. The topological polar surface area (TPSA) is 163 Å². The van der Waals surface area contributed by atoms with E-state index in [4.69, 9.17) is 18.9 Å². The molecule has 2 rings (SSSR count). The predicted molar refractivity (Wildman–Crippen MR) is 116 cm³/mol. The van der Waals surface area contributed by atoms with E-state index in [-0.39, 0.29) is 28.4 Å². The van der Waals surface area contributed by atoms with Gasteiger partial charge >= 0.3 is 0 Å². The summed E-state index contributed by atoms with van der Waals surface area (Å²) in [6.45, 7) is 0. The first kappa shape index (κ1) is 26.5. The van der Waals surface area contributed by atoms with Gasteiger partial charge in [-0.25, -0.2) is 13.1 Å². The second-order valence-corrected chi connectivity index (χ2v) is 8.45. The Morgan fingerprint density at radius 2 is 1.59 bits per heavy atom. The molecule has 0 heterocycles. The Morgan fingerprint density at radius 3 is 2.12 bits per heavy atom. The maximum atomic E-state index is 13.3. The molecule has 12 heteroatoms. The number of carbonyl (C=O) groups excluding carboxylic acids is 2. The van der Waals surface area contributed by atoms with Gasteiger partial charge in [0.25, 0.3) is 0 Å². The molecule has 0 aromatic heterocycles. The van der Waals surface area contributed by atoms with Gasteiger partial charge in [0, 0.05) is 12.4 Å². The van der Waals surface area contributed by atoms with E-state index in [1.807, 2.05) is 0 Å². The minimum absolute atomic E-state index is 0.00550. The van der Waals surface area contributed by atoms with Gasteiger partial charge < -0.3 is 38.7 Å². The van der Waals surface area contributed by atoms with Gasteiger partial charge in [-0.2, -0.15) is 0 Å². The summed E-state index contributed by atoms with van der Waals surface area (Å²) in [5, 5.41) is 22.2. The van der Waals surface area contributed by atoms with Gasteiger partial charge in [0.2, 0.25) is 10.0 Å². The summed E-state index contributed by atoms with van der Waals surface area (Å²) < 4.78 is 49.8. The van der Waals surface area contributed by atoms with E-state index in [9.17, 15) is 28.2 Å². The normalized spacial score (nSPS) is 12.2. The van der Waals surface area contributed by atoms with Crippen molar-refractivity contribution in [2.45, 2.75) is 17.4 Å². The summed E-state index contributed by atoms with van der Waals surface area (Å²) in [5.74, 6) is -2.53. The Kier molecular flexibility index (Phi) is 8.87. The summed E-state index contributed by atoms with van der Waals surface area (Å²) in [6, 6.07) is 5.67. The predicted octanol–water partition coefficient (Wildman–Crippen LogP) is -0.356. The number of carboxylic acids is 2. The zero-order valence-corrected chi connectivity index (χ0v) is 19.6. The molecule has 0 spiro atoms. The molecule has 34 heavy (non-hydrogen) atoms. The van der Waals surface area contributed by atoms with Crippen molar-refractivity contribution in [2.24, 2.45) is 0 Å². The SMILES string of the molecule is COc1ccc([C@H](CC(=O)[O-])NS(=O)(=O)c2cc(/C=C/C(=O)[O-])cc(OC)c2OC)cc1OC. The first-order valence-electron chi connectivity index (χ1n) is 9.65. The van der Waals surface area contributed by atoms with Gasteiger partial charge in [0.1, 0.15) is 4.90 Å². The third-order valence-electron chi connectivity index (χ3n) is 4.65. The molecule has 0 bridgehead atoms. The highest BCUT2D eigenvalue weighted by Crippen LogP contribution is 2.37. The molecular weight excluding hydrogens is 470 g/mol. The molecule has 1 atom stereocenters. The van der Waals surface area contributed by atoms with Crippen LogP contribution in [0.1, 0.15) is 23.6 Å². The van der Waals surface area contributed by atoms with E-state index in [1.54, 1.807) is 0 Å². The Balaban J connectivity index is 2.61. The molecule has 0 amide bonds. The molecule has 2 aromatic carbocycles. The largest absolute Gasteiger partial charge is 0.550 e. The molecule has 0 aliphatic heterocycles. The Bertz CT molecular complexity index is 1190. The standard InChI is InChI=1S/C22H25NO10S/c1-30-16-7-6-14(11-17(16)31-2)15(12-21(26)27)23-34(28,29)19-10-13(5-8-20(24)25)9-18(32-3)22(19)33-4/h5-11,15,23H,12H2,1-4H3,(H,24,25)(H,26,27)/p-2/b8-5+/t15-/m0/s1. The maximum Gasteiger partial charge on any atom is 0.244 e. The number of nitrogens with one attached hydrogen (secondary N) is 1. The lowest BCUT2D eigenvalue weighted by molar-refractivity contribution is -0.306. The fourth-order valence-electron chi connectivity index (χ4n) is 3.12. The first-order chi connectivity index (χ1) is 16.1. The van der Waals surface area contributed by atoms with Crippen LogP contribution in [0.2, 0.25) is 0 Å². The average Bonchev–Trinajstić information content (AvgIpc) is 2.80. The van der Waals surface area contributed by atoms with Crippen molar-refractivity contribution >= 4 is 28.0 Å².